The van der Waals surface area contributed by atoms with Crippen molar-refractivity contribution < 1.29 is 9.53 Å². The van der Waals surface area contributed by atoms with E-state index in [-0.39, 0.29) is 12.5 Å². The molecular formula is C19H21N3O2. The first-order valence-electron chi connectivity index (χ1n) is 7.94. The first-order chi connectivity index (χ1) is 11.6. The Morgan fingerprint density at radius 3 is 2.62 bits per heavy atom. The number of pyridine rings is 1. The number of nitrogens with zero attached hydrogens (tertiary/aromatic N) is 2. The van der Waals surface area contributed by atoms with E-state index in [1.165, 1.54) is 0 Å². The highest BCUT2D eigenvalue weighted by atomic mass is 16.5. The number of aromatic nitrogens is 2. The van der Waals surface area contributed by atoms with Gasteiger partial charge in [0, 0.05) is 6.20 Å². The summed E-state index contributed by atoms with van der Waals surface area (Å²) in [6, 6.07) is 11.8. The Hall–Kier alpha value is -2.82. The van der Waals surface area contributed by atoms with Crippen LogP contribution in [0.25, 0.3) is 5.65 Å². The molecule has 0 aliphatic carbocycles. The van der Waals surface area contributed by atoms with E-state index in [1.54, 1.807) is 0 Å². The number of amides is 1. The van der Waals surface area contributed by atoms with Crippen LogP contribution in [0.3, 0.4) is 0 Å². The highest BCUT2D eigenvalue weighted by molar-refractivity contribution is 5.77. The largest absolute Gasteiger partial charge is 0.483 e. The Morgan fingerprint density at radius 1 is 1.12 bits per heavy atom. The normalized spacial score (nSPS) is 10.8. The van der Waals surface area contributed by atoms with Crippen LogP contribution in [0.5, 0.6) is 5.75 Å². The van der Waals surface area contributed by atoms with E-state index in [0.29, 0.717) is 6.54 Å². The summed E-state index contributed by atoms with van der Waals surface area (Å²) in [5, 5.41) is 2.90. The lowest BCUT2D eigenvalue weighted by molar-refractivity contribution is -0.123. The van der Waals surface area contributed by atoms with Gasteiger partial charge in [-0.05, 0) is 44.0 Å². The molecule has 1 N–H and O–H groups in total. The molecule has 1 amide bonds. The molecule has 2 heterocycles. The Labute approximate surface area is 141 Å². The maximum Gasteiger partial charge on any atom is 0.258 e. The summed E-state index contributed by atoms with van der Waals surface area (Å²) in [5.74, 6) is 0.626. The number of imidazole rings is 1. The van der Waals surface area contributed by atoms with Gasteiger partial charge in [0.05, 0.1) is 17.9 Å². The summed E-state index contributed by atoms with van der Waals surface area (Å²) in [4.78, 5) is 16.6. The zero-order valence-electron chi connectivity index (χ0n) is 14.2. The molecule has 0 aliphatic rings. The number of ether oxygens (including phenoxy) is 1. The second-order valence-corrected chi connectivity index (χ2v) is 5.86. The van der Waals surface area contributed by atoms with Gasteiger partial charge >= 0.3 is 0 Å². The zero-order chi connectivity index (χ0) is 17.1. The molecule has 0 saturated heterocycles. The molecule has 0 aliphatic heterocycles. The van der Waals surface area contributed by atoms with Gasteiger partial charge in [-0.25, -0.2) is 4.98 Å². The van der Waals surface area contributed by atoms with Crippen LogP contribution in [-0.4, -0.2) is 21.9 Å². The zero-order valence-corrected chi connectivity index (χ0v) is 14.2. The van der Waals surface area contributed by atoms with Crippen LogP contribution in [-0.2, 0) is 11.3 Å². The van der Waals surface area contributed by atoms with Crippen molar-refractivity contribution in [1.82, 2.24) is 14.7 Å². The van der Waals surface area contributed by atoms with E-state index in [2.05, 4.69) is 10.3 Å². The van der Waals surface area contributed by atoms with Gasteiger partial charge in [0.25, 0.3) is 5.91 Å². The number of fused-ring (bicyclic) bond motifs is 1. The summed E-state index contributed by atoms with van der Waals surface area (Å²) in [6.45, 7) is 6.32. The number of carbonyl (C=O) groups is 1. The highest BCUT2D eigenvalue weighted by Crippen LogP contribution is 2.22. The van der Waals surface area contributed by atoms with Crippen LogP contribution < -0.4 is 10.1 Å². The molecule has 0 atom stereocenters. The highest BCUT2D eigenvalue weighted by Gasteiger charge is 2.11. The second kappa shape index (κ2) is 6.74. The van der Waals surface area contributed by atoms with Gasteiger partial charge in [0.1, 0.15) is 11.4 Å². The molecule has 5 nitrogen and oxygen atoms in total. The first kappa shape index (κ1) is 16.1. The number of aryl methyl sites for hydroxylation is 3. The molecule has 2 aromatic heterocycles. The fourth-order valence-electron chi connectivity index (χ4n) is 2.78. The van der Waals surface area contributed by atoms with Crippen LogP contribution in [0.1, 0.15) is 22.5 Å². The van der Waals surface area contributed by atoms with E-state index in [1.807, 2.05) is 67.8 Å². The molecule has 5 heteroatoms. The van der Waals surface area contributed by atoms with E-state index < -0.39 is 0 Å². The smallest absolute Gasteiger partial charge is 0.258 e. The summed E-state index contributed by atoms with van der Waals surface area (Å²) in [7, 11) is 0. The summed E-state index contributed by atoms with van der Waals surface area (Å²) in [6.07, 6.45) is 1.95. The molecule has 0 spiro atoms. The second-order valence-electron chi connectivity index (χ2n) is 5.86. The maximum atomic E-state index is 12.1. The van der Waals surface area contributed by atoms with E-state index in [0.717, 1.165) is 33.9 Å². The number of nitrogens with one attached hydrogen (secondary N) is 1. The minimum absolute atomic E-state index is 0.00147. The van der Waals surface area contributed by atoms with Gasteiger partial charge in [0.2, 0.25) is 0 Å². The van der Waals surface area contributed by atoms with Crippen molar-refractivity contribution in [3.8, 4) is 5.75 Å². The van der Waals surface area contributed by atoms with Gasteiger partial charge in [-0.15, -0.1) is 0 Å². The van der Waals surface area contributed by atoms with E-state index in [4.69, 9.17) is 4.74 Å². The summed E-state index contributed by atoms with van der Waals surface area (Å²) >= 11 is 0. The van der Waals surface area contributed by atoms with Crippen LogP contribution in [0.15, 0.2) is 42.6 Å². The standard InChI is InChI=1S/C19H21N3O2/c1-13-7-6-8-14(2)19(13)24-12-18(23)20-11-16-15(3)21-17-9-4-5-10-22(16)17/h4-10H,11-12H2,1-3H3,(H,20,23). The Kier molecular flexibility index (Phi) is 4.51. The van der Waals surface area contributed by atoms with E-state index >= 15 is 0 Å². The fourth-order valence-corrected chi connectivity index (χ4v) is 2.78. The Balaban J connectivity index is 1.62. The SMILES string of the molecule is Cc1cccc(C)c1OCC(=O)NCc1c(C)nc2ccccn12. The molecule has 0 bridgehead atoms. The Morgan fingerprint density at radius 2 is 1.88 bits per heavy atom. The minimum Gasteiger partial charge on any atom is -0.483 e. The summed E-state index contributed by atoms with van der Waals surface area (Å²) in [5.41, 5.74) is 4.83. The number of carbonyl (C=O) groups excluding carboxylic acids is 1. The third-order valence-corrected chi connectivity index (χ3v) is 4.04. The lowest BCUT2D eigenvalue weighted by Gasteiger charge is -2.12. The van der Waals surface area contributed by atoms with Gasteiger partial charge < -0.3 is 14.5 Å². The van der Waals surface area contributed by atoms with Crippen molar-refractivity contribution in [2.75, 3.05) is 6.61 Å². The van der Waals surface area contributed by atoms with Crippen molar-refractivity contribution in [3.63, 3.8) is 0 Å². The Bertz CT molecular complexity index is 863. The van der Waals surface area contributed by atoms with E-state index in [9.17, 15) is 4.79 Å². The van der Waals surface area contributed by atoms with Gasteiger partial charge in [-0.2, -0.15) is 0 Å². The molecule has 0 radical (unpaired) electrons. The first-order valence-corrected chi connectivity index (χ1v) is 7.94. The van der Waals surface area contributed by atoms with Crippen molar-refractivity contribution in [1.29, 1.82) is 0 Å². The summed E-state index contributed by atoms with van der Waals surface area (Å²) < 4.78 is 7.67. The molecule has 124 valence electrons. The quantitative estimate of drug-likeness (QED) is 0.785. The lowest BCUT2D eigenvalue weighted by atomic mass is 10.1. The molecular weight excluding hydrogens is 302 g/mol. The number of rotatable bonds is 5. The van der Waals surface area contributed by atoms with Gasteiger partial charge in [0.15, 0.2) is 6.61 Å². The molecule has 1 aromatic carbocycles. The topological polar surface area (TPSA) is 55.6 Å². The molecule has 0 unspecified atom stereocenters. The van der Waals surface area contributed by atoms with Gasteiger partial charge in [-0.1, -0.05) is 24.3 Å². The average molecular weight is 323 g/mol. The van der Waals surface area contributed by atoms with Crippen LogP contribution in [0, 0.1) is 20.8 Å². The molecule has 24 heavy (non-hydrogen) atoms. The molecule has 3 aromatic rings. The predicted octanol–water partition coefficient (Wildman–Crippen LogP) is 2.95. The lowest BCUT2D eigenvalue weighted by Crippen LogP contribution is -2.29. The third kappa shape index (κ3) is 3.25. The number of hydrogen-bond acceptors (Lipinski definition) is 3. The monoisotopic (exact) mass is 323 g/mol. The fraction of sp³-hybridized carbons (Fsp3) is 0.263. The number of benzene rings is 1. The van der Waals surface area contributed by atoms with Crippen molar-refractivity contribution in [2.24, 2.45) is 0 Å². The molecule has 3 rings (SSSR count). The average Bonchev–Trinajstić information content (AvgIpc) is 2.87. The predicted molar refractivity (Wildman–Crippen MR) is 93.2 cm³/mol. The number of hydrogen-bond donors (Lipinski definition) is 1. The van der Waals surface area contributed by atoms with Gasteiger partial charge in [-0.3, -0.25) is 4.79 Å². The van der Waals surface area contributed by atoms with Crippen LogP contribution >= 0.6 is 0 Å². The molecule has 0 saturated carbocycles. The number of para-hydroxylation sites is 1. The van der Waals surface area contributed by atoms with Crippen LogP contribution in [0.4, 0.5) is 0 Å². The van der Waals surface area contributed by atoms with Crippen LogP contribution in [0.2, 0.25) is 0 Å². The van der Waals surface area contributed by atoms with Crippen molar-refractivity contribution >= 4 is 11.6 Å². The third-order valence-electron chi connectivity index (χ3n) is 4.04. The van der Waals surface area contributed by atoms with Crippen molar-refractivity contribution in [2.45, 2.75) is 27.3 Å². The van der Waals surface area contributed by atoms with Crippen molar-refractivity contribution in [3.05, 3.63) is 65.1 Å². The minimum atomic E-state index is -0.150. The molecule has 0 fully saturated rings. The maximum absolute atomic E-state index is 12.1.